The molecule has 1 aliphatic heterocycles. The van der Waals surface area contributed by atoms with Crippen LogP contribution in [0, 0.1) is 0 Å². The molecule has 0 radical (unpaired) electrons. The van der Waals surface area contributed by atoms with Crippen molar-refractivity contribution in [2.24, 2.45) is 0 Å². The van der Waals surface area contributed by atoms with Crippen molar-refractivity contribution in [2.45, 2.75) is 31.9 Å². The predicted molar refractivity (Wildman–Crippen MR) is 76.8 cm³/mol. The molecule has 0 saturated carbocycles. The average molecular weight is 305 g/mol. The molecule has 112 valence electrons. The van der Waals surface area contributed by atoms with Gasteiger partial charge in [0, 0.05) is 18.3 Å². The maximum Gasteiger partial charge on any atom is 0.387 e. The van der Waals surface area contributed by atoms with Gasteiger partial charge in [-0.25, -0.2) is 0 Å². The molecule has 1 unspecified atom stereocenters. The first-order valence-corrected chi connectivity index (χ1v) is 7.12. The maximum atomic E-state index is 12.1. The summed E-state index contributed by atoms with van der Waals surface area (Å²) in [6.07, 6.45) is 3.67. The zero-order chi connectivity index (χ0) is 14.5. The molecule has 2 rings (SSSR count). The van der Waals surface area contributed by atoms with Crippen molar-refractivity contribution in [1.29, 1.82) is 0 Å². The Bertz CT molecular complexity index is 445. The van der Waals surface area contributed by atoms with Crippen molar-refractivity contribution in [1.82, 2.24) is 4.90 Å². The number of rotatable bonds is 5. The minimum atomic E-state index is -2.86. The SMILES string of the molecule is CN1CCCCC1CNc1ccc(OC(F)F)c(Cl)c1. The first kappa shape index (κ1) is 15.3. The molecule has 1 saturated heterocycles. The molecule has 0 spiro atoms. The molecule has 0 aromatic heterocycles. The highest BCUT2D eigenvalue weighted by molar-refractivity contribution is 6.32. The van der Waals surface area contributed by atoms with Crippen LogP contribution >= 0.6 is 11.6 Å². The van der Waals surface area contributed by atoms with E-state index in [2.05, 4.69) is 22.0 Å². The van der Waals surface area contributed by atoms with E-state index < -0.39 is 6.61 Å². The molecule has 1 atom stereocenters. The summed E-state index contributed by atoms with van der Waals surface area (Å²) in [6.45, 7) is -0.918. The van der Waals surface area contributed by atoms with E-state index in [1.54, 1.807) is 12.1 Å². The van der Waals surface area contributed by atoms with E-state index in [4.69, 9.17) is 11.6 Å². The topological polar surface area (TPSA) is 24.5 Å². The van der Waals surface area contributed by atoms with Gasteiger partial charge in [0.25, 0.3) is 0 Å². The Labute approximate surface area is 122 Å². The van der Waals surface area contributed by atoms with Crippen LogP contribution in [0.1, 0.15) is 19.3 Å². The summed E-state index contributed by atoms with van der Waals surface area (Å²) >= 11 is 5.91. The van der Waals surface area contributed by atoms with E-state index in [1.807, 2.05) is 0 Å². The lowest BCUT2D eigenvalue weighted by atomic mass is 10.0. The summed E-state index contributed by atoms with van der Waals surface area (Å²) in [5, 5.41) is 3.48. The molecule has 6 heteroatoms. The zero-order valence-electron chi connectivity index (χ0n) is 11.4. The van der Waals surface area contributed by atoms with Crippen molar-refractivity contribution >= 4 is 17.3 Å². The Morgan fingerprint density at radius 1 is 1.45 bits per heavy atom. The van der Waals surface area contributed by atoms with E-state index >= 15 is 0 Å². The van der Waals surface area contributed by atoms with Crippen molar-refractivity contribution in [3.8, 4) is 5.75 Å². The van der Waals surface area contributed by atoms with Gasteiger partial charge in [0.1, 0.15) is 5.75 Å². The number of likely N-dealkylation sites (tertiary alicyclic amines) is 1. The molecule has 1 aromatic carbocycles. The molecule has 0 bridgehead atoms. The summed E-state index contributed by atoms with van der Waals surface area (Å²) in [5.74, 6) is 0.00185. The van der Waals surface area contributed by atoms with E-state index in [9.17, 15) is 8.78 Å². The fourth-order valence-corrected chi connectivity index (χ4v) is 2.67. The van der Waals surface area contributed by atoms with E-state index in [1.165, 1.54) is 25.3 Å². The number of hydrogen-bond acceptors (Lipinski definition) is 3. The molecule has 1 N–H and O–H groups in total. The molecular weight excluding hydrogens is 286 g/mol. The largest absolute Gasteiger partial charge is 0.433 e. The second-order valence-electron chi connectivity index (χ2n) is 5.03. The Hall–Kier alpha value is -1.07. The summed E-state index contributed by atoms with van der Waals surface area (Å²) in [5.41, 5.74) is 0.815. The standard InChI is InChI=1S/C14H19ClF2N2O/c1-19-7-3-2-4-11(19)9-18-10-5-6-13(12(15)8-10)20-14(16)17/h5-6,8,11,14,18H,2-4,7,9H2,1H3. The molecule has 20 heavy (non-hydrogen) atoms. The number of alkyl halides is 2. The van der Waals surface area contributed by atoms with E-state index in [0.29, 0.717) is 6.04 Å². The van der Waals surface area contributed by atoms with Crippen molar-refractivity contribution in [2.75, 3.05) is 25.5 Å². The predicted octanol–water partition coefficient (Wildman–Crippen LogP) is 3.84. The van der Waals surface area contributed by atoms with Crippen LogP contribution < -0.4 is 10.1 Å². The van der Waals surface area contributed by atoms with Crippen LogP contribution in [-0.4, -0.2) is 37.7 Å². The Morgan fingerprint density at radius 2 is 2.25 bits per heavy atom. The number of ether oxygens (including phenoxy) is 1. The van der Waals surface area contributed by atoms with Gasteiger partial charge in [0.15, 0.2) is 0 Å². The smallest absolute Gasteiger partial charge is 0.387 e. The second-order valence-corrected chi connectivity index (χ2v) is 5.44. The maximum absolute atomic E-state index is 12.1. The van der Waals surface area contributed by atoms with Crippen LogP contribution in [0.5, 0.6) is 5.75 Å². The molecule has 3 nitrogen and oxygen atoms in total. The van der Waals surface area contributed by atoms with Crippen molar-refractivity contribution in [3.63, 3.8) is 0 Å². The van der Waals surface area contributed by atoms with Crippen molar-refractivity contribution in [3.05, 3.63) is 23.2 Å². The van der Waals surface area contributed by atoms with Crippen LogP contribution in [0.2, 0.25) is 5.02 Å². The minimum Gasteiger partial charge on any atom is -0.433 e. The lowest BCUT2D eigenvalue weighted by Crippen LogP contribution is -2.40. The van der Waals surface area contributed by atoms with Crippen LogP contribution in [-0.2, 0) is 0 Å². The summed E-state index contributed by atoms with van der Waals surface area (Å²) in [6, 6.07) is 5.27. The van der Waals surface area contributed by atoms with Gasteiger partial charge in [-0.2, -0.15) is 8.78 Å². The highest BCUT2D eigenvalue weighted by Gasteiger charge is 2.18. The summed E-state index contributed by atoms with van der Waals surface area (Å²) in [4.78, 5) is 2.34. The van der Waals surface area contributed by atoms with Gasteiger partial charge in [-0.3, -0.25) is 0 Å². The Morgan fingerprint density at radius 3 is 2.90 bits per heavy atom. The fourth-order valence-electron chi connectivity index (χ4n) is 2.44. The number of piperidine rings is 1. The van der Waals surface area contributed by atoms with Gasteiger partial charge < -0.3 is 15.0 Å². The van der Waals surface area contributed by atoms with Crippen LogP contribution in [0.3, 0.4) is 0 Å². The molecule has 1 fully saturated rings. The monoisotopic (exact) mass is 304 g/mol. The second kappa shape index (κ2) is 7.09. The number of halogens is 3. The number of benzene rings is 1. The van der Waals surface area contributed by atoms with Crippen LogP contribution in [0.25, 0.3) is 0 Å². The normalized spacial score (nSPS) is 20.1. The Kier molecular flexibility index (Phi) is 5.43. The van der Waals surface area contributed by atoms with Crippen molar-refractivity contribution < 1.29 is 13.5 Å². The fraction of sp³-hybridized carbons (Fsp3) is 0.571. The third-order valence-electron chi connectivity index (χ3n) is 3.61. The van der Waals surface area contributed by atoms with E-state index in [-0.39, 0.29) is 10.8 Å². The lowest BCUT2D eigenvalue weighted by molar-refractivity contribution is -0.0497. The minimum absolute atomic E-state index is 0.00185. The van der Waals surface area contributed by atoms with Gasteiger partial charge in [-0.1, -0.05) is 18.0 Å². The van der Waals surface area contributed by atoms with Gasteiger partial charge in [0.2, 0.25) is 0 Å². The third kappa shape index (κ3) is 4.21. The molecule has 0 aliphatic carbocycles. The van der Waals surface area contributed by atoms with Gasteiger partial charge >= 0.3 is 6.61 Å². The third-order valence-corrected chi connectivity index (χ3v) is 3.91. The Balaban J connectivity index is 1.91. The van der Waals surface area contributed by atoms with Gasteiger partial charge in [-0.15, -0.1) is 0 Å². The van der Waals surface area contributed by atoms with Gasteiger partial charge in [0.05, 0.1) is 5.02 Å². The first-order chi connectivity index (χ1) is 9.56. The number of anilines is 1. The molecule has 1 heterocycles. The highest BCUT2D eigenvalue weighted by atomic mass is 35.5. The van der Waals surface area contributed by atoms with E-state index in [0.717, 1.165) is 18.8 Å². The highest BCUT2D eigenvalue weighted by Crippen LogP contribution is 2.29. The zero-order valence-corrected chi connectivity index (χ0v) is 12.2. The van der Waals surface area contributed by atoms with Crippen LogP contribution in [0.4, 0.5) is 14.5 Å². The summed E-state index contributed by atoms with van der Waals surface area (Å²) < 4.78 is 28.6. The number of nitrogens with one attached hydrogen (secondary N) is 1. The summed E-state index contributed by atoms with van der Waals surface area (Å²) in [7, 11) is 2.12. The van der Waals surface area contributed by atoms with Gasteiger partial charge in [-0.05, 0) is 44.6 Å². The first-order valence-electron chi connectivity index (χ1n) is 6.74. The van der Waals surface area contributed by atoms with Crippen LogP contribution in [0.15, 0.2) is 18.2 Å². The molecule has 1 aliphatic rings. The quantitative estimate of drug-likeness (QED) is 0.894. The lowest BCUT2D eigenvalue weighted by Gasteiger charge is -2.32. The molecular formula is C14H19ClF2N2O. The molecule has 0 amide bonds. The molecule has 1 aromatic rings. The average Bonchev–Trinajstić information content (AvgIpc) is 2.40. The number of nitrogens with zero attached hydrogens (tertiary/aromatic N) is 1. The number of likely N-dealkylation sites (N-methyl/N-ethyl adjacent to an activating group) is 1. The number of hydrogen-bond donors (Lipinski definition) is 1.